The molecule has 0 aromatic heterocycles. The first-order valence-corrected chi connectivity index (χ1v) is 7.22. The normalized spacial score (nSPS) is 19.6. The SMILES string of the molecule is CCNC(=O)CN1CCN(S(C)(=O)=O)CC1. The summed E-state index contributed by atoms with van der Waals surface area (Å²) in [7, 11) is -3.08. The van der Waals surface area contributed by atoms with Crippen LogP contribution in [0.25, 0.3) is 0 Å². The number of nitrogens with one attached hydrogen (secondary N) is 1. The molecule has 1 N–H and O–H groups in total. The number of hydrogen-bond donors (Lipinski definition) is 1. The molecule has 0 aromatic rings. The monoisotopic (exact) mass is 249 g/mol. The largest absolute Gasteiger partial charge is 0.355 e. The van der Waals surface area contributed by atoms with Crippen molar-refractivity contribution in [3.63, 3.8) is 0 Å². The van der Waals surface area contributed by atoms with Gasteiger partial charge in [-0.2, -0.15) is 4.31 Å². The maximum Gasteiger partial charge on any atom is 0.234 e. The summed E-state index contributed by atoms with van der Waals surface area (Å²) in [6, 6.07) is 0. The van der Waals surface area contributed by atoms with E-state index in [1.165, 1.54) is 10.6 Å². The fraction of sp³-hybridized carbons (Fsp3) is 0.889. The molecule has 0 unspecified atom stereocenters. The molecule has 1 aliphatic rings. The highest BCUT2D eigenvalue weighted by Gasteiger charge is 2.23. The highest BCUT2D eigenvalue weighted by atomic mass is 32.2. The molecule has 1 saturated heterocycles. The predicted octanol–water partition coefficient (Wildman–Crippen LogP) is -1.30. The zero-order valence-corrected chi connectivity index (χ0v) is 10.6. The Kier molecular flexibility index (Phi) is 4.69. The summed E-state index contributed by atoms with van der Waals surface area (Å²) in [5.74, 6) is -0.00435. The van der Waals surface area contributed by atoms with E-state index in [1.807, 2.05) is 11.8 Å². The topological polar surface area (TPSA) is 69.7 Å². The van der Waals surface area contributed by atoms with Crippen LogP contribution < -0.4 is 5.32 Å². The number of hydrogen-bond acceptors (Lipinski definition) is 4. The number of carbonyl (C=O) groups is 1. The van der Waals surface area contributed by atoms with Crippen molar-refractivity contribution >= 4 is 15.9 Å². The van der Waals surface area contributed by atoms with E-state index >= 15 is 0 Å². The van der Waals surface area contributed by atoms with Gasteiger partial charge in [0.2, 0.25) is 15.9 Å². The lowest BCUT2D eigenvalue weighted by Gasteiger charge is -2.32. The van der Waals surface area contributed by atoms with Crippen molar-refractivity contribution in [2.75, 3.05) is 45.5 Å². The summed E-state index contributed by atoms with van der Waals surface area (Å²) in [5, 5.41) is 2.72. The lowest BCUT2D eigenvalue weighted by atomic mass is 10.3. The van der Waals surface area contributed by atoms with Gasteiger partial charge in [-0.05, 0) is 6.92 Å². The quantitative estimate of drug-likeness (QED) is 0.672. The zero-order chi connectivity index (χ0) is 12.2. The molecule has 0 aromatic carbocycles. The van der Waals surface area contributed by atoms with E-state index in [2.05, 4.69) is 5.32 Å². The minimum atomic E-state index is -3.08. The van der Waals surface area contributed by atoms with Crippen LogP contribution in [-0.4, -0.2) is 69.1 Å². The Bertz CT molecular complexity index is 334. The third-order valence-electron chi connectivity index (χ3n) is 2.54. The van der Waals surface area contributed by atoms with Crippen LogP contribution in [0.1, 0.15) is 6.92 Å². The van der Waals surface area contributed by atoms with Crippen molar-refractivity contribution in [1.29, 1.82) is 0 Å². The third-order valence-corrected chi connectivity index (χ3v) is 3.84. The average molecular weight is 249 g/mol. The van der Waals surface area contributed by atoms with Crippen molar-refractivity contribution in [2.45, 2.75) is 6.92 Å². The highest BCUT2D eigenvalue weighted by molar-refractivity contribution is 7.88. The van der Waals surface area contributed by atoms with Gasteiger partial charge in [0, 0.05) is 32.7 Å². The molecule has 0 saturated carbocycles. The molecule has 0 spiro atoms. The second-order valence-corrected chi connectivity index (χ2v) is 5.87. The van der Waals surface area contributed by atoms with Gasteiger partial charge >= 0.3 is 0 Å². The summed E-state index contributed by atoms with van der Waals surface area (Å²) in [5.41, 5.74) is 0. The standard InChI is InChI=1S/C9H19N3O3S/c1-3-10-9(13)8-11-4-6-12(7-5-11)16(2,14)15/h3-8H2,1-2H3,(H,10,13). The van der Waals surface area contributed by atoms with Gasteiger partial charge in [-0.3, -0.25) is 9.69 Å². The van der Waals surface area contributed by atoms with E-state index < -0.39 is 10.0 Å². The van der Waals surface area contributed by atoms with Gasteiger partial charge in [0.15, 0.2) is 0 Å². The summed E-state index contributed by atoms with van der Waals surface area (Å²) >= 11 is 0. The van der Waals surface area contributed by atoms with Gasteiger partial charge in [0.1, 0.15) is 0 Å². The molecule has 7 heteroatoms. The van der Waals surface area contributed by atoms with Crippen LogP contribution in [0.5, 0.6) is 0 Å². The molecule has 6 nitrogen and oxygen atoms in total. The van der Waals surface area contributed by atoms with Crippen LogP contribution in [0.4, 0.5) is 0 Å². The molecular weight excluding hydrogens is 230 g/mol. The lowest BCUT2D eigenvalue weighted by Crippen LogP contribution is -2.50. The van der Waals surface area contributed by atoms with E-state index in [4.69, 9.17) is 0 Å². The Morgan fingerprint density at radius 2 is 1.81 bits per heavy atom. The van der Waals surface area contributed by atoms with Gasteiger partial charge in [-0.1, -0.05) is 0 Å². The second-order valence-electron chi connectivity index (χ2n) is 3.89. The van der Waals surface area contributed by atoms with Gasteiger partial charge < -0.3 is 5.32 Å². The van der Waals surface area contributed by atoms with Crippen molar-refractivity contribution in [3.8, 4) is 0 Å². The van der Waals surface area contributed by atoms with Gasteiger partial charge in [-0.15, -0.1) is 0 Å². The molecule has 1 heterocycles. The Morgan fingerprint density at radius 1 is 1.25 bits per heavy atom. The second kappa shape index (κ2) is 5.60. The van der Waals surface area contributed by atoms with Crippen LogP contribution >= 0.6 is 0 Å². The summed E-state index contributed by atoms with van der Waals surface area (Å²) < 4.78 is 23.9. The molecule has 94 valence electrons. The maximum absolute atomic E-state index is 11.3. The molecule has 0 aliphatic carbocycles. The van der Waals surface area contributed by atoms with Crippen LogP contribution in [0, 0.1) is 0 Å². The van der Waals surface area contributed by atoms with Gasteiger partial charge in [0.25, 0.3) is 0 Å². The zero-order valence-electron chi connectivity index (χ0n) is 9.77. The number of rotatable bonds is 4. The van der Waals surface area contributed by atoms with E-state index in [0.29, 0.717) is 39.3 Å². The first-order chi connectivity index (χ1) is 7.43. The van der Waals surface area contributed by atoms with E-state index in [-0.39, 0.29) is 5.91 Å². The predicted molar refractivity (Wildman–Crippen MR) is 61.5 cm³/mol. The molecule has 1 rings (SSSR count). The number of nitrogens with zero attached hydrogens (tertiary/aromatic N) is 2. The third kappa shape index (κ3) is 4.07. The minimum Gasteiger partial charge on any atom is -0.355 e. The molecule has 16 heavy (non-hydrogen) atoms. The Morgan fingerprint density at radius 3 is 2.25 bits per heavy atom. The van der Waals surface area contributed by atoms with Gasteiger partial charge in [0.05, 0.1) is 12.8 Å². The molecular formula is C9H19N3O3S. The molecule has 1 aliphatic heterocycles. The van der Waals surface area contributed by atoms with Crippen LogP contribution in [0.3, 0.4) is 0 Å². The Labute approximate surface area is 96.6 Å². The fourth-order valence-electron chi connectivity index (χ4n) is 1.68. The number of piperazine rings is 1. The van der Waals surface area contributed by atoms with Crippen molar-refractivity contribution in [1.82, 2.24) is 14.5 Å². The van der Waals surface area contributed by atoms with E-state index in [9.17, 15) is 13.2 Å². The first-order valence-electron chi connectivity index (χ1n) is 5.37. The average Bonchev–Trinajstić information content (AvgIpc) is 2.17. The summed E-state index contributed by atoms with van der Waals surface area (Å²) in [6.07, 6.45) is 1.21. The number of carbonyl (C=O) groups excluding carboxylic acids is 1. The minimum absolute atomic E-state index is 0.00435. The Balaban J connectivity index is 2.35. The number of likely N-dealkylation sites (N-methyl/N-ethyl adjacent to an activating group) is 1. The van der Waals surface area contributed by atoms with Crippen molar-refractivity contribution in [2.24, 2.45) is 0 Å². The fourth-order valence-corrected chi connectivity index (χ4v) is 2.50. The Hall–Kier alpha value is -0.660. The highest BCUT2D eigenvalue weighted by Crippen LogP contribution is 2.05. The summed E-state index contributed by atoms with van der Waals surface area (Å²) in [4.78, 5) is 13.3. The molecule has 0 bridgehead atoms. The molecule has 1 fully saturated rings. The van der Waals surface area contributed by atoms with Gasteiger partial charge in [-0.25, -0.2) is 8.42 Å². The summed E-state index contributed by atoms with van der Waals surface area (Å²) in [6.45, 7) is 5.03. The van der Waals surface area contributed by atoms with Crippen LogP contribution in [-0.2, 0) is 14.8 Å². The van der Waals surface area contributed by atoms with Crippen LogP contribution in [0.15, 0.2) is 0 Å². The lowest BCUT2D eigenvalue weighted by molar-refractivity contribution is -0.122. The first kappa shape index (κ1) is 13.4. The number of amides is 1. The van der Waals surface area contributed by atoms with E-state index in [1.54, 1.807) is 0 Å². The molecule has 0 atom stereocenters. The smallest absolute Gasteiger partial charge is 0.234 e. The van der Waals surface area contributed by atoms with E-state index in [0.717, 1.165) is 0 Å². The molecule has 1 amide bonds. The number of sulfonamides is 1. The van der Waals surface area contributed by atoms with Crippen LogP contribution in [0.2, 0.25) is 0 Å². The van der Waals surface area contributed by atoms with Crippen molar-refractivity contribution < 1.29 is 13.2 Å². The maximum atomic E-state index is 11.3. The van der Waals surface area contributed by atoms with Crippen molar-refractivity contribution in [3.05, 3.63) is 0 Å². The molecule has 0 radical (unpaired) electrons.